The van der Waals surface area contributed by atoms with Crippen molar-refractivity contribution in [2.75, 3.05) is 13.2 Å². The zero-order valence-electron chi connectivity index (χ0n) is 38.4. The van der Waals surface area contributed by atoms with Crippen molar-refractivity contribution in [1.29, 1.82) is 0 Å². The van der Waals surface area contributed by atoms with Crippen molar-refractivity contribution in [2.24, 2.45) is 5.41 Å². The Morgan fingerprint density at radius 3 is 1.02 bits per heavy atom. The summed E-state index contributed by atoms with van der Waals surface area (Å²) in [5.41, 5.74) is 2.10. The third kappa shape index (κ3) is 29.0. The molecule has 59 heavy (non-hydrogen) atoms. The van der Waals surface area contributed by atoms with E-state index in [9.17, 15) is 19.8 Å². The molecule has 0 spiro atoms. The molecule has 2 aromatic carbocycles. The molecular weight excluding hydrogens is 733 g/mol. The molecule has 0 radical (unpaired) electrons. The maximum Gasteiger partial charge on any atom is 0.305 e. The lowest BCUT2D eigenvalue weighted by molar-refractivity contribution is -0.152. The molecule has 2 atom stereocenters. The standard InChI is InChI=1S/C53H88O6/c1-45(47-35-31-37-49(54)41-47)33-27-23-19-15-11-7-5-9-13-17-21-25-29-39-51(56)58-43-53(3,4)44-59-52(57)40-30-26-22-18-14-10-6-8-12-16-20-24-28-34-46(2)48-36-32-38-50(55)42-48/h31-32,35-38,41-42,45-46,54-55H,5-30,33-34,39-40,43-44H2,1-4H3. The molecule has 0 heterocycles. The Morgan fingerprint density at radius 1 is 0.458 bits per heavy atom. The number of hydrogen-bond donors (Lipinski definition) is 2. The van der Waals surface area contributed by atoms with Crippen LogP contribution >= 0.6 is 0 Å². The molecule has 0 saturated heterocycles. The normalized spacial score (nSPS) is 12.7. The number of phenolic OH excluding ortho intramolecular Hbond substituents is 2. The molecular formula is C53H88O6. The molecule has 0 bridgehead atoms. The van der Waals surface area contributed by atoms with E-state index in [2.05, 4.69) is 26.0 Å². The monoisotopic (exact) mass is 821 g/mol. The lowest BCUT2D eigenvalue weighted by Crippen LogP contribution is -2.28. The number of carbonyl (C=O) groups excluding carboxylic acids is 2. The second-order valence-corrected chi connectivity index (χ2v) is 18.7. The van der Waals surface area contributed by atoms with Crippen LogP contribution in [0.2, 0.25) is 0 Å². The molecule has 0 amide bonds. The molecule has 0 saturated carbocycles. The van der Waals surface area contributed by atoms with Crippen molar-refractivity contribution in [3.63, 3.8) is 0 Å². The largest absolute Gasteiger partial charge is 0.508 e. The van der Waals surface area contributed by atoms with Gasteiger partial charge in [0, 0.05) is 18.3 Å². The van der Waals surface area contributed by atoms with Gasteiger partial charge in [-0.25, -0.2) is 0 Å². The van der Waals surface area contributed by atoms with E-state index in [4.69, 9.17) is 9.47 Å². The van der Waals surface area contributed by atoms with Crippen LogP contribution in [0.25, 0.3) is 0 Å². The maximum absolute atomic E-state index is 12.3. The van der Waals surface area contributed by atoms with Gasteiger partial charge >= 0.3 is 11.9 Å². The van der Waals surface area contributed by atoms with Gasteiger partial charge in [0.2, 0.25) is 0 Å². The summed E-state index contributed by atoms with van der Waals surface area (Å²) in [5, 5.41) is 19.4. The van der Waals surface area contributed by atoms with Gasteiger partial charge in [-0.3, -0.25) is 9.59 Å². The van der Waals surface area contributed by atoms with Crippen LogP contribution < -0.4 is 0 Å². The number of rotatable bonds is 38. The third-order valence-corrected chi connectivity index (χ3v) is 12.2. The first kappa shape index (κ1) is 52.1. The smallest absolute Gasteiger partial charge is 0.305 e. The first-order valence-electron chi connectivity index (χ1n) is 24.4. The van der Waals surface area contributed by atoms with Gasteiger partial charge in [0.1, 0.15) is 11.5 Å². The average molecular weight is 821 g/mol. The van der Waals surface area contributed by atoms with Crippen LogP contribution in [0, 0.1) is 5.41 Å². The number of esters is 2. The van der Waals surface area contributed by atoms with Crippen molar-refractivity contribution in [3.8, 4) is 11.5 Å². The van der Waals surface area contributed by atoms with Crippen LogP contribution in [0.4, 0.5) is 0 Å². The van der Waals surface area contributed by atoms with Crippen LogP contribution in [0.5, 0.6) is 11.5 Å². The zero-order chi connectivity index (χ0) is 42.8. The summed E-state index contributed by atoms with van der Waals surface area (Å²) >= 11 is 0. The second kappa shape index (κ2) is 33.7. The molecule has 0 aliphatic heterocycles. The van der Waals surface area contributed by atoms with Crippen LogP contribution in [-0.2, 0) is 19.1 Å². The first-order valence-corrected chi connectivity index (χ1v) is 24.4. The Kier molecular flexibility index (Phi) is 29.7. The maximum atomic E-state index is 12.3. The van der Waals surface area contributed by atoms with Crippen LogP contribution in [0.15, 0.2) is 48.5 Å². The minimum absolute atomic E-state index is 0.144. The highest BCUT2D eigenvalue weighted by atomic mass is 16.5. The molecule has 6 nitrogen and oxygen atoms in total. The highest BCUT2D eigenvalue weighted by molar-refractivity contribution is 5.69. The van der Waals surface area contributed by atoms with Gasteiger partial charge in [-0.2, -0.15) is 0 Å². The number of carbonyl (C=O) groups is 2. The molecule has 2 N–H and O–H groups in total. The first-order chi connectivity index (χ1) is 28.6. The van der Waals surface area contributed by atoms with E-state index in [-0.39, 0.29) is 30.6 Å². The van der Waals surface area contributed by atoms with Crippen molar-refractivity contribution in [2.45, 2.75) is 232 Å². The second-order valence-electron chi connectivity index (χ2n) is 18.7. The average Bonchev–Trinajstić information content (AvgIpc) is 3.22. The molecule has 0 aliphatic rings. The molecule has 2 rings (SSSR count). The van der Waals surface area contributed by atoms with Crippen LogP contribution in [0.3, 0.4) is 0 Å². The topological polar surface area (TPSA) is 93.1 Å². The predicted molar refractivity (Wildman–Crippen MR) is 247 cm³/mol. The molecule has 6 heteroatoms. The summed E-state index contributed by atoms with van der Waals surface area (Å²) in [5.74, 6) is 1.47. The molecule has 0 aliphatic carbocycles. The van der Waals surface area contributed by atoms with E-state index < -0.39 is 0 Å². The number of aromatic hydroxyl groups is 2. The van der Waals surface area contributed by atoms with Crippen molar-refractivity contribution >= 4 is 11.9 Å². The van der Waals surface area contributed by atoms with E-state index in [0.717, 1.165) is 25.7 Å². The fraction of sp³-hybridized carbons (Fsp3) is 0.736. The fourth-order valence-electron chi connectivity index (χ4n) is 8.06. The Balaban J connectivity index is 1.28. The van der Waals surface area contributed by atoms with E-state index in [0.29, 0.717) is 36.2 Å². The minimum Gasteiger partial charge on any atom is -0.508 e. The van der Waals surface area contributed by atoms with E-state index in [1.165, 1.54) is 165 Å². The van der Waals surface area contributed by atoms with Crippen molar-refractivity contribution in [3.05, 3.63) is 59.7 Å². The van der Waals surface area contributed by atoms with Crippen molar-refractivity contribution < 1.29 is 29.3 Å². The van der Waals surface area contributed by atoms with E-state index in [1.54, 1.807) is 12.1 Å². The van der Waals surface area contributed by atoms with Gasteiger partial charge in [-0.15, -0.1) is 0 Å². The molecule has 336 valence electrons. The Hall–Kier alpha value is -3.02. The summed E-state index contributed by atoms with van der Waals surface area (Å²) in [6.45, 7) is 9.04. The van der Waals surface area contributed by atoms with Gasteiger partial charge in [0.15, 0.2) is 0 Å². The SMILES string of the molecule is CC(CCCCCCCCCCCCCCCC(=O)OCC(C)(C)COC(=O)CCCCCCCCCCCCCCCC(C)c1cccc(O)c1)c1cccc(O)c1. The lowest BCUT2D eigenvalue weighted by atomic mass is 9.94. The summed E-state index contributed by atoms with van der Waals surface area (Å²) in [4.78, 5) is 24.6. The molecule has 2 unspecified atom stereocenters. The molecule has 0 aromatic heterocycles. The Morgan fingerprint density at radius 2 is 0.729 bits per heavy atom. The molecule has 2 aromatic rings. The van der Waals surface area contributed by atoms with E-state index in [1.807, 2.05) is 38.1 Å². The number of phenols is 2. The van der Waals surface area contributed by atoms with Crippen molar-refractivity contribution in [1.82, 2.24) is 0 Å². The van der Waals surface area contributed by atoms with Gasteiger partial charge in [0.05, 0.1) is 13.2 Å². The van der Waals surface area contributed by atoms with Gasteiger partial charge in [-0.1, -0.05) is 206 Å². The number of ether oxygens (including phenoxy) is 2. The van der Waals surface area contributed by atoms with E-state index >= 15 is 0 Å². The highest BCUT2D eigenvalue weighted by Crippen LogP contribution is 2.27. The Labute approximate surface area is 362 Å². The van der Waals surface area contributed by atoms with Gasteiger partial charge < -0.3 is 19.7 Å². The number of hydrogen-bond acceptors (Lipinski definition) is 6. The lowest BCUT2D eigenvalue weighted by Gasteiger charge is -2.23. The fourth-order valence-corrected chi connectivity index (χ4v) is 8.06. The third-order valence-electron chi connectivity index (χ3n) is 12.2. The minimum atomic E-state index is -0.383. The quantitative estimate of drug-likeness (QED) is 0.0518. The highest BCUT2D eigenvalue weighted by Gasteiger charge is 2.23. The Bertz CT molecular complexity index is 1240. The van der Waals surface area contributed by atoms with Gasteiger partial charge in [-0.05, 0) is 72.9 Å². The summed E-state index contributed by atoms with van der Waals surface area (Å²) in [7, 11) is 0. The summed E-state index contributed by atoms with van der Waals surface area (Å²) in [6.07, 6.45) is 35.8. The van der Waals surface area contributed by atoms with Gasteiger partial charge in [0.25, 0.3) is 0 Å². The number of unbranched alkanes of at least 4 members (excludes halogenated alkanes) is 24. The van der Waals surface area contributed by atoms with Crippen LogP contribution in [-0.4, -0.2) is 35.4 Å². The number of benzene rings is 2. The molecule has 0 fully saturated rings. The summed E-state index contributed by atoms with van der Waals surface area (Å²) in [6, 6.07) is 15.4. The predicted octanol–water partition coefficient (Wildman–Crippen LogP) is 15.8. The summed E-state index contributed by atoms with van der Waals surface area (Å²) < 4.78 is 11.1. The zero-order valence-corrected chi connectivity index (χ0v) is 38.4. The van der Waals surface area contributed by atoms with Crippen LogP contribution in [0.1, 0.15) is 243 Å².